The van der Waals surface area contributed by atoms with Crippen LogP contribution in [0.2, 0.25) is 0 Å². The van der Waals surface area contributed by atoms with E-state index >= 15 is 0 Å². The molecular weight excluding hydrogens is 528 g/mol. The number of amides is 1. The molecule has 0 fully saturated rings. The van der Waals surface area contributed by atoms with Crippen LogP contribution in [-0.4, -0.2) is 41.6 Å². The average Bonchev–Trinajstić information content (AvgIpc) is 2.96. The van der Waals surface area contributed by atoms with Gasteiger partial charge in [-0.05, 0) is 57.9 Å². The second-order valence-electron chi connectivity index (χ2n) is 12.3. The summed E-state index contributed by atoms with van der Waals surface area (Å²) in [5.41, 5.74) is 5.45. The highest BCUT2D eigenvalue weighted by atomic mass is 16.5. The van der Waals surface area contributed by atoms with Crippen LogP contribution >= 0.6 is 0 Å². The van der Waals surface area contributed by atoms with Crippen molar-refractivity contribution in [1.82, 2.24) is 5.32 Å². The van der Waals surface area contributed by atoms with Crippen molar-refractivity contribution in [3.8, 4) is 0 Å². The lowest BCUT2D eigenvalue weighted by atomic mass is 10.0. The minimum atomic E-state index is -1.02. The summed E-state index contributed by atoms with van der Waals surface area (Å²) in [5.74, 6) is -1.31. The maximum absolute atomic E-state index is 12.5. The van der Waals surface area contributed by atoms with Crippen molar-refractivity contribution >= 4 is 17.8 Å². The maximum atomic E-state index is 12.5. The smallest absolute Gasteiger partial charge is 0.326 e. The van der Waals surface area contributed by atoms with Gasteiger partial charge in [-0.1, -0.05) is 123 Å². The van der Waals surface area contributed by atoms with Gasteiger partial charge in [-0.25, -0.2) is 4.79 Å². The SMILES string of the molecule is CCCCCCCCCCCCCCCCCC(=O)OC(CCCCC)CCCCCC(=O)NC(CCCN)C(=O)O. The summed E-state index contributed by atoms with van der Waals surface area (Å²) in [7, 11) is 0. The molecule has 42 heavy (non-hydrogen) atoms. The lowest BCUT2D eigenvalue weighted by Gasteiger charge is -2.18. The molecule has 0 aliphatic carbocycles. The minimum Gasteiger partial charge on any atom is -0.480 e. The Morgan fingerprint density at radius 1 is 0.595 bits per heavy atom. The van der Waals surface area contributed by atoms with Crippen molar-refractivity contribution < 1.29 is 24.2 Å². The summed E-state index contributed by atoms with van der Waals surface area (Å²) in [6.45, 7) is 4.85. The third-order valence-electron chi connectivity index (χ3n) is 8.17. The molecule has 2 unspecified atom stereocenters. The highest BCUT2D eigenvalue weighted by Gasteiger charge is 2.19. The molecule has 0 aliphatic heterocycles. The Balaban J connectivity index is 3.95. The van der Waals surface area contributed by atoms with Gasteiger partial charge < -0.3 is 20.9 Å². The van der Waals surface area contributed by atoms with Gasteiger partial charge in [0, 0.05) is 12.8 Å². The zero-order chi connectivity index (χ0) is 31.1. The fourth-order valence-corrected chi connectivity index (χ4v) is 5.45. The van der Waals surface area contributed by atoms with Gasteiger partial charge in [0.2, 0.25) is 5.91 Å². The molecule has 1 amide bonds. The average molecular weight is 597 g/mol. The summed E-state index contributed by atoms with van der Waals surface area (Å²) in [6.07, 6.45) is 28.9. The molecule has 0 bridgehead atoms. The first kappa shape index (κ1) is 40.4. The van der Waals surface area contributed by atoms with E-state index < -0.39 is 12.0 Å². The molecule has 4 N–H and O–H groups in total. The van der Waals surface area contributed by atoms with E-state index in [2.05, 4.69) is 19.2 Å². The minimum absolute atomic E-state index is 0.0399. The van der Waals surface area contributed by atoms with Crippen LogP contribution in [0.25, 0.3) is 0 Å². The topological polar surface area (TPSA) is 119 Å². The number of unbranched alkanes of at least 4 members (excludes halogenated alkanes) is 18. The van der Waals surface area contributed by atoms with Crippen LogP contribution in [0, 0.1) is 0 Å². The highest BCUT2D eigenvalue weighted by Crippen LogP contribution is 2.18. The van der Waals surface area contributed by atoms with Gasteiger partial charge in [-0.15, -0.1) is 0 Å². The van der Waals surface area contributed by atoms with Gasteiger partial charge in [-0.2, -0.15) is 0 Å². The Hall–Kier alpha value is -1.63. The number of esters is 1. The second-order valence-corrected chi connectivity index (χ2v) is 12.3. The molecule has 7 heteroatoms. The third-order valence-corrected chi connectivity index (χ3v) is 8.17. The van der Waals surface area contributed by atoms with Crippen LogP contribution in [-0.2, 0) is 19.1 Å². The first-order chi connectivity index (χ1) is 20.4. The van der Waals surface area contributed by atoms with Crippen LogP contribution in [0.15, 0.2) is 0 Å². The summed E-state index contributed by atoms with van der Waals surface area (Å²) in [4.78, 5) is 35.9. The summed E-state index contributed by atoms with van der Waals surface area (Å²) in [6, 6.07) is -0.868. The molecule has 0 aromatic carbocycles. The van der Waals surface area contributed by atoms with Gasteiger partial charge in [0.15, 0.2) is 0 Å². The van der Waals surface area contributed by atoms with Crippen molar-refractivity contribution in [3.63, 3.8) is 0 Å². The van der Waals surface area contributed by atoms with Crippen LogP contribution < -0.4 is 11.1 Å². The van der Waals surface area contributed by atoms with Crippen LogP contribution in [0.1, 0.15) is 187 Å². The fourth-order valence-electron chi connectivity index (χ4n) is 5.45. The quantitative estimate of drug-likeness (QED) is 0.0527. The first-order valence-electron chi connectivity index (χ1n) is 17.9. The zero-order valence-electron chi connectivity index (χ0n) is 27.6. The van der Waals surface area contributed by atoms with E-state index in [9.17, 15) is 19.5 Å². The summed E-state index contributed by atoms with van der Waals surface area (Å²) >= 11 is 0. The molecular formula is C35H68N2O5. The Morgan fingerprint density at radius 3 is 1.52 bits per heavy atom. The predicted molar refractivity (Wildman–Crippen MR) is 175 cm³/mol. The predicted octanol–water partition coefficient (Wildman–Crippen LogP) is 9.00. The molecule has 0 rings (SSSR count). The summed E-state index contributed by atoms with van der Waals surface area (Å²) in [5, 5.41) is 11.8. The number of carbonyl (C=O) groups excluding carboxylic acids is 2. The van der Waals surface area contributed by atoms with Gasteiger partial charge >= 0.3 is 11.9 Å². The van der Waals surface area contributed by atoms with E-state index in [4.69, 9.17) is 10.5 Å². The monoisotopic (exact) mass is 597 g/mol. The van der Waals surface area contributed by atoms with Crippen LogP contribution in [0.3, 0.4) is 0 Å². The maximum Gasteiger partial charge on any atom is 0.326 e. The number of carboxylic acid groups (broad SMARTS) is 1. The molecule has 0 radical (unpaired) electrons. The Bertz CT molecular complexity index is 643. The Kier molecular flexibility index (Phi) is 29.6. The van der Waals surface area contributed by atoms with Gasteiger partial charge in [0.25, 0.3) is 0 Å². The van der Waals surface area contributed by atoms with Crippen molar-refractivity contribution in [1.29, 1.82) is 0 Å². The van der Waals surface area contributed by atoms with E-state index in [1.54, 1.807) is 0 Å². The standard InChI is InChI=1S/C35H68N2O5/c1-3-5-7-8-9-10-11-12-13-14-15-16-17-18-23-29-34(39)42-31(25-20-6-4-2)26-21-19-22-28-33(38)37-32(35(40)41)27-24-30-36/h31-32H,3-30,36H2,1-2H3,(H,37,38)(H,40,41). The Morgan fingerprint density at radius 2 is 1.02 bits per heavy atom. The van der Waals surface area contributed by atoms with E-state index in [0.717, 1.165) is 57.8 Å². The van der Waals surface area contributed by atoms with E-state index in [1.165, 1.54) is 83.5 Å². The second kappa shape index (κ2) is 30.8. The molecule has 2 atom stereocenters. The summed E-state index contributed by atoms with van der Waals surface area (Å²) < 4.78 is 5.87. The fraction of sp³-hybridized carbons (Fsp3) is 0.914. The number of aliphatic carboxylic acids is 1. The molecule has 0 spiro atoms. The molecule has 0 aromatic heterocycles. The number of carboxylic acids is 1. The van der Waals surface area contributed by atoms with Crippen molar-refractivity contribution in [2.45, 2.75) is 199 Å². The molecule has 0 saturated carbocycles. The molecule has 0 saturated heterocycles. The van der Waals surface area contributed by atoms with Crippen LogP contribution in [0.4, 0.5) is 0 Å². The number of carbonyl (C=O) groups is 3. The first-order valence-corrected chi connectivity index (χ1v) is 17.9. The third kappa shape index (κ3) is 27.2. The molecule has 0 aliphatic rings. The van der Waals surface area contributed by atoms with Gasteiger partial charge in [-0.3, -0.25) is 9.59 Å². The van der Waals surface area contributed by atoms with Crippen molar-refractivity contribution in [2.75, 3.05) is 6.54 Å². The largest absolute Gasteiger partial charge is 0.480 e. The van der Waals surface area contributed by atoms with E-state index in [1.807, 2.05) is 0 Å². The number of nitrogens with two attached hydrogens (primary N) is 1. The number of hydrogen-bond acceptors (Lipinski definition) is 5. The van der Waals surface area contributed by atoms with Crippen molar-refractivity contribution in [2.24, 2.45) is 5.73 Å². The number of nitrogens with one attached hydrogen (secondary N) is 1. The highest BCUT2D eigenvalue weighted by molar-refractivity contribution is 5.83. The number of rotatable bonds is 32. The molecule has 248 valence electrons. The lowest BCUT2D eigenvalue weighted by molar-refractivity contribution is -0.150. The van der Waals surface area contributed by atoms with E-state index in [-0.39, 0.29) is 18.0 Å². The Labute approximate surface area is 258 Å². The lowest BCUT2D eigenvalue weighted by Crippen LogP contribution is -2.40. The number of ether oxygens (including phenoxy) is 1. The van der Waals surface area contributed by atoms with Gasteiger partial charge in [0.05, 0.1) is 0 Å². The normalized spacial score (nSPS) is 12.6. The van der Waals surface area contributed by atoms with Gasteiger partial charge in [0.1, 0.15) is 12.1 Å². The molecule has 0 aromatic rings. The van der Waals surface area contributed by atoms with Crippen molar-refractivity contribution in [3.05, 3.63) is 0 Å². The molecule has 7 nitrogen and oxygen atoms in total. The van der Waals surface area contributed by atoms with E-state index in [0.29, 0.717) is 38.6 Å². The number of hydrogen-bond donors (Lipinski definition) is 3. The van der Waals surface area contributed by atoms with Crippen LogP contribution in [0.5, 0.6) is 0 Å². The zero-order valence-corrected chi connectivity index (χ0v) is 27.6. The molecule has 0 heterocycles.